The van der Waals surface area contributed by atoms with Crippen LogP contribution in [-0.4, -0.2) is 24.7 Å². The van der Waals surface area contributed by atoms with Crippen LogP contribution in [0.4, 0.5) is 0 Å². The van der Waals surface area contributed by atoms with Crippen LogP contribution in [0.1, 0.15) is 5.56 Å². The van der Waals surface area contributed by atoms with Crippen LogP contribution in [0.2, 0.25) is 5.02 Å². The second kappa shape index (κ2) is 6.99. The maximum Gasteiger partial charge on any atom is 0.122 e. The van der Waals surface area contributed by atoms with Crippen molar-refractivity contribution in [1.29, 1.82) is 0 Å². The summed E-state index contributed by atoms with van der Waals surface area (Å²) in [4.78, 5) is 0. The van der Waals surface area contributed by atoms with E-state index in [-0.39, 0.29) is 0 Å². The second-order valence-corrected chi connectivity index (χ2v) is 4.82. The molecule has 4 heteroatoms. The van der Waals surface area contributed by atoms with Crippen molar-refractivity contribution < 1.29 is 4.74 Å². The number of rotatable bonds is 6. The van der Waals surface area contributed by atoms with Crippen molar-refractivity contribution in [3.8, 4) is 5.75 Å². The van der Waals surface area contributed by atoms with E-state index in [4.69, 9.17) is 22.1 Å². The zero-order valence-electron chi connectivity index (χ0n) is 8.83. The third-order valence-electron chi connectivity index (χ3n) is 1.88. The van der Waals surface area contributed by atoms with Gasteiger partial charge in [0.1, 0.15) is 5.75 Å². The minimum absolute atomic E-state index is 0.715. The van der Waals surface area contributed by atoms with Gasteiger partial charge in [-0.3, -0.25) is 0 Å². The Balaban J connectivity index is 2.31. The van der Waals surface area contributed by atoms with E-state index in [1.165, 1.54) is 0 Å². The maximum atomic E-state index is 5.85. The third kappa shape index (κ3) is 4.78. The van der Waals surface area contributed by atoms with Gasteiger partial charge in [0.15, 0.2) is 0 Å². The monoisotopic (exact) mass is 245 g/mol. The molecule has 0 unspecified atom stereocenters. The third-order valence-corrected chi connectivity index (χ3v) is 3.10. The Bertz CT molecular complexity index is 307. The zero-order chi connectivity index (χ0) is 11.1. The van der Waals surface area contributed by atoms with Gasteiger partial charge in [-0.05, 0) is 30.7 Å². The molecule has 0 atom stereocenters. The van der Waals surface area contributed by atoms with E-state index in [0.29, 0.717) is 6.61 Å². The van der Waals surface area contributed by atoms with Crippen molar-refractivity contribution in [1.82, 2.24) is 0 Å². The Labute approximate surface area is 100 Å². The standard InChI is InChI=1S/C11H16ClNOS/c1-9-8-10(12)2-3-11(9)14-5-7-15-6-4-13/h2-3,8H,4-7,13H2,1H3. The average molecular weight is 246 g/mol. The number of hydrogen-bond acceptors (Lipinski definition) is 3. The first-order valence-corrected chi connectivity index (χ1v) is 6.44. The van der Waals surface area contributed by atoms with Gasteiger partial charge >= 0.3 is 0 Å². The Hall–Kier alpha value is -0.380. The summed E-state index contributed by atoms with van der Waals surface area (Å²) in [6.07, 6.45) is 0. The van der Waals surface area contributed by atoms with E-state index in [2.05, 4.69) is 0 Å². The molecule has 0 saturated heterocycles. The lowest BCUT2D eigenvalue weighted by Gasteiger charge is -2.08. The first-order valence-electron chi connectivity index (χ1n) is 4.91. The lowest BCUT2D eigenvalue weighted by atomic mass is 10.2. The van der Waals surface area contributed by atoms with Crippen LogP contribution in [0.15, 0.2) is 18.2 Å². The molecule has 1 aromatic rings. The van der Waals surface area contributed by atoms with E-state index < -0.39 is 0 Å². The van der Waals surface area contributed by atoms with Crippen LogP contribution in [0.3, 0.4) is 0 Å². The van der Waals surface area contributed by atoms with Gasteiger partial charge in [0.2, 0.25) is 0 Å². The molecule has 0 radical (unpaired) electrons. The van der Waals surface area contributed by atoms with E-state index in [0.717, 1.165) is 34.4 Å². The molecule has 0 aromatic heterocycles. The largest absolute Gasteiger partial charge is 0.492 e. The minimum atomic E-state index is 0.715. The van der Waals surface area contributed by atoms with Gasteiger partial charge in [0.05, 0.1) is 6.61 Å². The quantitative estimate of drug-likeness (QED) is 0.783. The van der Waals surface area contributed by atoms with Crippen LogP contribution in [0.5, 0.6) is 5.75 Å². The highest BCUT2D eigenvalue weighted by Gasteiger charge is 1.99. The molecule has 2 N–H and O–H groups in total. The molecule has 0 fully saturated rings. The molecule has 15 heavy (non-hydrogen) atoms. The van der Waals surface area contributed by atoms with Gasteiger partial charge in [-0.1, -0.05) is 11.6 Å². The number of halogens is 1. The Kier molecular flexibility index (Phi) is 5.91. The van der Waals surface area contributed by atoms with Gasteiger partial charge in [-0.25, -0.2) is 0 Å². The molecule has 0 bridgehead atoms. The summed E-state index contributed by atoms with van der Waals surface area (Å²) in [7, 11) is 0. The average Bonchev–Trinajstić information content (AvgIpc) is 2.20. The fourth-order valence-corrected chi connectivity index (χ4v) is 1.97. The summed E-state index contributed by atoms with van der Waals surface area (Å²) in [6.45, 7) is 3.44. The Morgan fingerprint density at radius 3 is 2.87 bits per heavy atom. The van der Waals surface area contributed by atoms with Crippen LogP contribution in [-0.2, 0) is 0 Å². The Morgan fingerprint density at radius 1 is 1.40 bits per heavy atom. The van der Waals surface area contributed by atoms with Crippen LogP contribution in [0, 0.1) is 6.92 Å². The topological polar surface area (TPSA) is 35.2 Å². The predicted octanol–water partition coefficient (Wildman–Crippen LogP) is 2.72. The molecule has 0 heterocycles. The first-order chi connectivity index (χ1) is 7.24. The van der Waals surface area contributed by atoms with E-state index in [1.54, 1.807) is 11.8 Å². The number of aryl methyl sites for hydroxylation is 1. The van der Waals surface area contributed by atoms with Crippen molar-refractivity contribution in [3.63, 3.8) is 0 Å². The van der Waals surface area contributed by atoms with Gasteiger partial charge in [0, 0.05) is 23.1 Å². The van der Waals surface area contributed by atoms with Crippen LogP contribution >= 0.6 is 23.4 Å². The molecular weight excluding hydrogens is 230 g/mol. The predicted molar refractivity (Wildman–Crippen MR) is 68.1 cm³/mol. The molecule has 84 valence electrons. The number of nitrogens with two attached hydrogens (primary N) is 1. The zero-order valence-corrected chi connectivity index (χ0v) is 10.4. The molecule has 0 aliphatic carbocycles. The SMILES string of the molecule is Cc1cc(Cl)ccc1OCCSCCN. The Morgan fingerprint density at radius 2 is 2.20 bits per heavy atom. The van der Waals surface area contributed by atoms with Gasteiger partial charge in [0.25, 0.3) is 0 Å². The molecule has 1 rings (SSSR count). The molecule has 1 aromatic carbocycles. The van der Waals surface area contributed by atoms with E-state index in [1.807, 2.05) is 25.1 Å². The molecule has 0 aliphatic heterocycles. The minimum Gasteiger partial charge on any atom is -0.492 e. The molecular formula is C11H16ClNOS. The smallest absolute Gasteiger partial charge is 0.122 e. The van der Waals surface area contributed by atoms with E-state index in [9.17, 15) is 0 Å². The second-order valence-electron chi connectivity index (χ2n) is 3.16. The molecule has 0 saturated carbocycles. The number of thioether (sulfide) groups is 1. The highest BCUT2D eigenvalue weighted by molar-refractivity contribution is 7.99. The van der Waals surface area contributed by atoms with Gasteiger partial charge in [-0.15, -0.1) is 0 Å². The number of ether oxygens (including phenoxy) is 1. The van der Waals surface area contributed by atoms with Crippen molar-refractivity contribution in [2.24, 2.45) is 5.73 Å². The van der Waals surface area contributed by atoms with E-state index >= 15 is 0 Å². The van der Waals surface area contributed by atoms with Gasteiger partial charge < -0.3 is 10.5 Å². The lowest BCUT2D eigenvalue weighted by Crippen LogP contribution is -2.06. The lowest BCUT2D eigenvalue weighted by molar-refractivity contribution is 0.341. The fraction of sp³-hybridized carbons (Fsp3) is 0.455. The molecule has 0 spiro atoms. The first kappa shape index (κ1) is 12.7. The van der Waals surface area contributed by atoms with Crippen LogP contribution < -0.4 is 10.5 Å². The summed E-state index contributed by atoms with van der Waals surface area (Å²) in [5.74, 6) is 2.87. The highest BCUT2D eigenvalue weighted by atomic mass is 35.5. The normalized spacial score (nSPS) is 10.3. The summed E-state index contributed by atoms with van der Waals surface area (Å²) in [5, 5.41) is 0.748. The van der Waals surface area contributed by atoms with Crippen molar-refractivity contribution in [2.75, 3.05) is 24.7 Å². The molecule has 2 nitrogen and oxygen atoms in total. The summed E-state index contributed by atoms with van der Waals surface area (Å²) >= 11 is 7.65. The summed E-state index contributed by atoms with van der Waals surface area (Å²) < 4.78 is 5.62. The fourth-order valence-electron chi connectivity index (χ4n) is 1.17. The highest BCUT2D eigenvalue weighted by Crippen LogP contribution is 2.21. The van der Waals surface area contributed by atoms with Crippen molar-refractivity contribution >= 4 is 23.4 Å². The van der Waals surface area contributed by atoms with Gasteiger partial charge in [-0.2, -0.15) is 11.8 Å². The van der Waals surface area contributed by atoms with Crippen molar-refractivity contribution in [2.45, 2.75) is 6.92 Å². The summed E-state index contributed by atoms with van der Waals surface area (Å²) in [5.41, 5.74) is 6.46. The maximum absolute atomic E-state index is 5.85. The number of benzene rings is 1. The number of hydrogen-bond donors (Lipinski definition) is 1. The molecule has 0 amide bonds. The van der Waals surface area contributed by atoms with Crippen molar-refractivity contribution in [3.05, 3.63) is 28.8 Å². The summed E-state index contributed by atoms with van der Waals surface area (Å²) in [6, 6.07) is 5.66. The van der Waals surface area contributed by atoms with Crippen LogP contribution in [0.25, 0.3) is 0 Å². The molecule has 0 aliphatic rings.